The Hall–Kier alpha value is -3.60. The smallest absolute Gasteiger partial charge is 0.325 e. The van der Waals surface area contributed by atoms with Crippen molar-refractivity contribution in [2.24, 2.45) is 10.9 Å². The van der Waals surface area contributed by atoms with E-state index in [9.17, 15) is 10.0 Å². The van der Waals surface area contributed by atoms with E-state index in [1.54, 1.807) is 37.4 Å². The van der Waals surface area contributed by atoms with Crippen LogP contribution in [-0.4, -0.2) is 30.0 Å². The molecule has 2 aromatic rings. The van der Waals surface area contributed by atoms with Crippen LogP contribution in [0.25, 0.3) is 0 Å². The predicted octanol–water partition coefficient (Wildman–Crippen LogP) is 3.64. The molecule has 1 saturated carbocycles. The third-order valence-electron chi connectivity index (χ3n) is 5.74. The van der Waals surface area contributed by atoms with Gasteiger partial charge in [0.05, 0.1) is 18.4 Å². The van der Waals surface area contributed by atoms with Crippen LogP contribution in [0.3, 0.4) is 0 Å². The normalized spacial score (nSPS) is 18.3. The monoisotopic (exact) mass is 436 g/mol. The molecule has 8 nitrogen and oxygen atoms in total. The lowest BCUT2D eigenvalue weighted by Gasteiger charge is -2.24. The Balaban J connectivity index is 1.80. The van der Waals surface area contributed by atoms with E-state index in [0.29, 0.717) is 47.3 Å². The number of pyridine rings is 1. The third kappa shape index (κ3) is 5.55. The molecule has 1 heterocycles. The second-order valence-corrected chi connectivity index (χ2v) is 8.04. The van der Waals surface area contributed by atoms with Gasteiger partial charge in [-0.05, 0) is 50.7 Å². The van der Waals surface area contributed by atoms with Gasteiger partial charge in [-0.15, -0.1) is 0 Å². The highest BCUT2D eigenvalue weighted by Gasteiger charge is 2.23. The third-order valence-corrected chi connectivity index (χ3v) is 5.74. The molecule has 1 amide bonds. The molecule has 0 unspecified atom stereocenters. The number of carbonyl (C=O) groups is 1. The number of rotatable bonds is 7. The molecule has 1 aromatic heterocycles. The molecule has 168 valence electrons. The minimum Gasteiger partial charge on any atom is -0.492 e. The van der Waals surface area contributed by atoms with Gasteiger partial charge in [-0.1, -0.05) is 0 Å². The van der Waals surface area contributed by atoms with Crippen LogP contribution in [0.2, 0.25) is 0 Å². The number of nitrogen functional groups attached to an aromatic ring is 1. The fourth-order valence-corrected chi connectivity index (χ4v) is 3.88. The minimum absolute atomic E-state index is 0.105. The molecule has 1 aromatic carbocycles. The van der Waals surface area contributed by atoms with Gasteiger partial charge in [0, 0.05) is 59.8 Å². The SMILES string of the molecule is CCOc1cc(N)c(C=NC2CCC(CC#N)CC2)cc1NC(=O)c1cccc(C)[n+]1O. The highest BCUT2D eigenvalue weighted by atomic mass is 16.5. The molecule has 1 fully saturated rings. The molecular weight excluding hydrogens is 406 g/mol. The van der Waals surface area contributed by atoms with Gasteiger partial charge in [0.1, 0.15) is 5.75 Å². The average molecular weight is 437 g/mol. The van der Waals surface area contributed by atoms with Gasteiger partial charge in [0.2, 0.25) is 5.69 Å². The van der Waals surface area contributed by atoms with Gasteiger partial charge in [-0.2, -0.15) is 5.26 Å². The minimum atomic E-state index is -0.472. The lowest BCUT2D eigenvalue weighted by molar-refractivity contribution is -0.909. The molecule has 8 heteroatoms. The van der Waals surface area contributed by atoms with Gasteiger partial charge in [-0.3, -0.25) is 15.0 Å². The first-order valence-electron chi connectivity index (χ1n) is 10.9. The van der Waals surface area contributed by atoms with Gasteiger partial charge < -0.3 is 15.8 Å². The number of nitriles is 1. The van der Waals surface area contributed by atoms with E-state index < -0.39 is 5.91 Å². The van der Waals surface area contributed by atoms with Crippen LogP contribution in [0, 0.1) is 24.2 Å². The first-order valence-corrected chi connectivity index (χ1v) is 10.9. The van der Waals surface area contributed by atoms with Crippen molar-refractivity contribution in [1.29, 1.82) is 5.26 Å². The average Bonchev–Trinajstić information content (AvgIpc) is 2.78. The summed E-state index contributed by atoms with van der Waals surface area (Å²) in [6.07, 6.45) is 6.27. The van der Waals surface area contributed by atoms with Crippen LogP contribution < -0.4 is 20.5 Å². The van der Waals surface area contributed by atoms with E-state index in [2.05, 4.69) is 11.4 Å². The zero-order valence-electron chi connectivity index (χ0n) is 18.5. The summed E-state index contributed by atoms with van der Waals surface area (Å²) in [5, 5.41) is 21.8. The quantitative estimate of drug-likeness (QED) is 0.264. The number of amides is 1. The number of aryl methyl sites for hydroxylation is 1. The van der Waals surface area contributed by atoms with Crippen LogP contribution in [0.5, 0.6) is 5.75 Å². The second kappa shape index (κ2) is 10.6. The highest BCUT2D eigenvalue weighted by molar-refractivity contribution is 6.04. The summed E-state index contributed by atoms with van der Waals surface area (Å²) >= 11 is 0. The number of aliphatic imine (C=N–C) groups is 1. The first kappa shape index (κ1) is 23.1. The maximum atomic E-state index is 12.8. The Labute approximate surface area is 188 Å². The Kier molecular flexibility index (Phi) is 7.66. The van der Waals surface area contributed by atoms with Crippen molar-refractivity contribution in [2.45, 2.75) is 52.0 Å². The Morgan fingerprint density at radius 3 is 2.81 bits per heavy atom. The molecule has 0 atom stereocenters. The van der Waals surface area contributed by atoms with E-state index in [0.717, 1.165) is 30.4 Å². The fourth-order valence-electron chi connectivity index (χ4n) is 3.88. The van der Waals surface area contributed by atoms with Crippen molar-refractivity contribution in [2.75, 3.05) is 17.7 Å². The van der Waals surface area contributed by atoms with E-state index in [4.69, 9.17) is 20.7 Å². The molecule has 0 saturated heterocycles. The van der Waals surface area contributed by atoms with Crippen molar-refractivity contribution in [3.05, 3.63) is 47.3 Å². The lowest BCUT2D eigenvalue weighted by atomic mass is 9.85. The molecule has 0 radical (unpaired) electrons. The second-order valence-electron chi connectivity index (χ2n) is 8.04. The molecule has 0 aliphatic heterocycles. The molecule has 0 bridgehead atoms. The van der Waals surface area contributed by atoms with Crippen LogP contribution in [-0.2, 0) is 0 Å². The molecule has 4 N–H and O–H groups in total. The summed E-state index contributed by atoms with van der Waals surface area (Å²) in [4.78, 5) is 17.5. The Bertz CT molecular complexity index is 1040. The van der Waals surface area contributed by atoms with Crippen molar-refractivity contribution < 1.29 is 19.5 Å². The van der Waals surface area contributed by atoms with E-state index >= 15 is 0 Å². The van der Waals surface area contributed by atoms with Crippen LogP contribution in [0.15, 0.2) is 35.3 Å². The Morgan fingerprint density at radius 2 is 2.12 bits per heavy atom. The van der Waals surface area contributed by atoms with Crippen molar-refractivity contribution in [3.63, 3.8) is 0 Å². The standard InChI is InChI=1S/C24H29N5O3/c1-3-32-23-14-20(26)18(15-27-19-9-7-17(8-10-19)11-12-25)13-21(23)28-24(30)22-6-4-5-16(2)29(22)31/h4-6,13-15,17,19,26,30-31H,3,7-11H2,1-2H3/p+1. The number of anilines is 2. The summed E-state index contributed by atoms with van der Waals surface area (Å²) in [6.45, 7) is 3.96. The maximum absolute atomic E-state index is 12.8. The number of carbonyl (C=O) groups excluding carboxylic acids is 1. The number of hydrogen-bond donors (Lipinski definition) is 3. The van der Waals surface area contributed by atoms with Crippen molar-refractivity contribution in [3.8, 4) is 11.8 Å². The summed E-state index contributed by atoms with van der Waals surface area (Å²) in [6, 6.07) is 10.8. The Morgan fingerprint density at radius 1 is 1.38 bits per heavy atom. The first-order chi connectivity index (χ1) is 15.4. The van der Waals surface area contributed by atoms with Crippen molar-refractivity contribution in [1.82, 2.24) is 0 Å². The van der Waals surface area contributed by atoms with Gasteiger partial charge in [-0.25, -0.2) is 0 Å². The number of hydrogen-bond acceptors (Lipinski definition) is 6. The summed E-state index contributed by atoms with van der Waals surface area (Å²) in [5.41, 5.74) is 8.50. The van der Waals surface area contributed by atoms with Crippen LogP contribution in [0.4, 0.5) is 11.4 Å². The number of nitrogens with zero attached hydrogens (tertiary/aromatic N) is 3. The zero-order chi connectivity index (χ0) is 23.1. The zero-order valence-corrected chi connectivity index (χ0v) is 18.5. The molecule has 1 aliphatic rings. The molecule has 3 rings (SSSR count). The van der Waals surface area contributed by atoms with E-state index in [-0.39, 0.29) is 11.7 Å². The van der Waals surface area contributed by atoms with Crippen LogP contribution in [0.1, 0.15) is 60.8 Å². The number of nitrogens with two attached hydrogens (primary N) is 1. The molecular formula is C24H30N5O3+. The molecule has 32 heavy (non-hydrogen) atoms. The maximum Gasteiger partial charge on any atom is 0.325 e. The molecule has 0 spiro atoms. The van der Waals surface area contributed by atoms with Gasteiger partial charge >= 0.3 is 11.6 Å². The number of aromatic nitrogens is 1. The van der Waals surface area contributed by atoms with Crippen molar-refractivity contribution >= 4 is 23.5 Å². The number of benzene rings is 1. The fraction of sp³-hybridized carbons (Fsp3) is 0.417. The predicted molar refractivity (Wildman–Crippen MR) is 122 cm³/mol. The van der Waals surface area contributed by atoms with Gasteiger partial charge in [0.15, 0.2) is 0 Å². The van der Waals surface area contributed by atoms with Gasteiger partial charge in [0.25, 0.3) is 0 Å². The summed E-state index contributed by atoms with van der Waals surface area (Å²) in [7, 11) is 0. The largest absolute Gasteiger partial charge is 0.492 e. The topological polar surface area (TPSA) is 125 Å². The highest BCUT2D eigenvalue weighted by Crippen LogP contribution is 2.31. The summed E-state index contributed by atoms with van der Waals surface area (Å²) in [5.74, 6) is 0.449. The lowest BCUT2D eigenvalue weighted by Crippen LogP contribution is -2.42. The van der Waals surface area contributed by atoms with Crippen LogP contribution >= 0.6 is 0 Å². The van der Waals surface area contributed by atoms with E-state index in [1.165, 1.54) is 6.07 Å². The number of ether oxygens (including phenoxy) is 1. The van der Waals surface area contributed by atoms with E-state index in [1.807, 2.05) is 6.92 Å². The number of nitrogens with one attached hydrogen (secondary N) is 1. The summed E-state index contributed by atoms with van der Waals surface area (Å²) < 4.78 is 6.50. The molecule has 1 aliphatic carbocycles.